The van der Waals surface area contributed by atoms with E-state index in [1.54, 1.807) is 0 Å². The van der Waals surface area contributed by atoms with Crippen LogP contribution in [-0.2, 0) is 4.79 Å². The fourth-order valence-electron chi connectivity index (χ4n) is 1.78. The summed E-state index contributed by atoms with van der Waals surface area (Å²) in [5, 5.41) is 8.76. The lowest BCUT2D eigenvalue weighted by Gasteiger charge is -2.04. The number of ketones is 1. The molecule has 3 nitrogen and oxygen atoms in total. The minimum Gasteiger partial charge on any atom is -0.481 e. The highest BCUT2D eigenvalue weighted by molar-refractivity contribution is 6.05. The van der Waals surface area contributed by atoms with E-state index in [1.807, 2.05) is 0 Å². The maximum Gasteiger partial charge on any atom is 0.311 e. The Labute approximate surface area is 83.3 Å². The number of rotatable bonds is 1. The topological polar surface area (TPSA) is 54.4 Å². The fraction of sp³-hybridized carbons (Fsp3) is 0.200. The van der Waals surface area contributed by atoms with Crippen molar-refractivity contribution in [1.82, 2.24) is 0 Å². The van der Waals surface area contributed by atoms with Gasteiger partial charge in [0.05, 0.1) is 11.5 Å². The fourth-order valence-corrected chi connectivity index (χ4v) is 1.78. The molecular weight excluding hydrogens is 206 g/mol. The summed E-state index contributed by atoms with van der Waals surface area (Å²) >= 11 is 0. The van der Waals surface area contributed by atoms with Crippen LogP contribution >= 0.6 is 0 Å². The lowest BCUT2D eigenvalue weighted by atomic mass is 10.0. The summed E-state index contributed by atoms with van der Waals surface area (Å²) in [5.74, 6) is -4.81. The third-order valence-electron chi connectivity index (χ3n) is 2.43. The number of carbonyl (C=O) groups is 2. The van der Waals surface area contributed by atoms with Crippen molar-refractivity contribution in [1.29, 1.82) is 0 Å². The van der Waals surface area contributed by atoms with Crippen molar-refractivity contribution in [3.63, 3.8) is 0 Å². The number of carboxylic acids is 1. The maximum absolute atomic E-state index is 13.2. The van der Waals surface area contributed by atoms with Gasteiger partial charge in [0.2, 0.25) is 0 Å². The Morgan fingerprint density at radius 1 is 1.40 bits per heavy atom. The molecule has 0 fully saturated rings. The Morgan fingerprint density at radius 3 is 2.67 bits per heavy atom. The number of hydrogen-bond donors (Lipinski definition) is 1. The number of benzene rings is 1. The highest BCUT2D eigenvalue weighted by Gasteiger charge is 2.36. The third-order valence-corrected chi connectivity index (χ3v) is 2.43. The van der Waals surface area contributed by atoms with Gasteiger partial charge < -0.3 is 5.11 Å². The van der Waals surface area contributed by atoms with Gasteiger partial charge in [0.15, 0.2) is 5.78 Å². The molecule has 0 saturated heterocycles. The minimum absolute atomic E-state index is 0.0648. The van der Waals surface area contributed by atoms with Gasteiger partial charge in [-0.3, -0.25) is 9.59 Å². The van der Waals surface area contributed by atoms with Gasteiger partial charge in [-0.1, -0.05) is 0 Å². The number of fused-ring (bicyclic) bond motifs is 1. The second kappa shape index (κ2) is 3.12. The number of carboxylic acid groups (broad SMARTS) is 1. The van der Waals surface area contributed by atoms with Gasteiger partial charge in [0.1, 0.15) is 11.6 Å². The van der Waals surface area contributed by atoms with E-state index in [0.717, 1.165) is 6.07 Å². The molecular formula is C10H6F2O3. The van der Waals surface area contributed by atoms with Crippen LogP contribution in [0.15, 0.2) is 12.1 Å². The smallest absolute Gasteiger partial charge is 0.311 e. The standard InChI is InChI=1S/C10H6F2O3/c11-4-1-5-6(10(14)15)3-8(13)9(5)7(12)2-4/h1-2,6H,3H2,(H,14,15). The average molecular weight is 212 g/mol. The van der Waals surface area contributed by atoms with Gasteiger partial charge in [0.25, 0.3) is 0 Å². The van der Waals surface area contributed by atoms with Crippen LogP contribution < -0.4 is 0 Å². The second-order valence-corrected chi connectivity index (χ2v) is 3.37. The molecule has 1 aromatic carbocycles. The van der Waals surface area contributed by atoms with E-state index in [-0.39, 0.29) is 17.5 Å². The van der Waals surface area contributed by atoms with E-state index in [1.165, 1.54) is 0 Å². The molecule has 78 valence electrons. The summed E-state index contributed by atoms with van der Waals surface area (Å²) in [5.41, 5.74) is -0.353. The first-order chi connectivity index (χ1) is 7.00. The first-order valence-electron chi connectivity index (χ1n) is 4.25. The molecule has 15 heavy (non-hydrogen) atoms. The van der Waals surface area contributed by atoms with Crippen LogP contribution in [0.5, 0.6) is 0 Å². The number of carbonyl (C=O) groups excluding carboxylic acids is 1. The van der Waals surface area contributed by atoms with Crippen molar-refractivity contribution < 1.29 is 23.5 Å². The Morgan fingerprint density at radius 2 is 2.07 bits per heavy atom. The first-order valence-corrected chi connectivity index (χ1v) is 4.25. The Hall–Kier alpha value is -1.78. The third kappa shape index (κ3) is 1.40. The highest BCUT2D eigenvalue weighted by Crippen LogP contribution is 2.35. The van der Waals surface area contributed by atoms with Crippen LogP contribution in [0.4, 0.5) is 8.78 Å². The number of aliphatic carboxylic acids is 1. The van der Waals surface area contributed by atoms with Gasteiger partial charge in [-0.2, -0.15) is 0 Å². The maximum atomic E-state index is 13.2. The summed E-state index contributed by atoms with van der Waals surface area (Å²) in [6.07, 6.45) is -0.301. The molecule has 1 aliphatic rings. The summed E-state index contributed by atoms with van der Waals surface area (Å²) in [6.45, 7) is 0. The lowest BCUT2D eigenvalue weighted by molar-refractivity contribution is -0.138. The van der Waals surface area contributed by atoms with Crippen molar-refractivity contribution in [3.8, 4) is 0 Å². The van der Waals surface area contributed by atoms with E-state index in [2.05, 4.69) is 0 Å². The van der Waals surface area contributed by atoms with Crippen molar-refractivity contribution in [2.75, 3.05) is 0 Å². The monoisotopic (exact) mass is 212 g/mol. The van der Waals surface area contributed by atoms with Crippen molar-refractivity contribution in [2.24, 2.45) is 0 Å². The Kier molecular flexibility index (Phi) is 2.03. The van der Waals surface area contributed by atoms with Crippen molar-refractivity contribution in [2.45, 2.75) is 12.3 Å². The predicted octanol–water partition coefficient (Wildman–Crippen LogP) is 1.72. The van der Waals surface area contributed by atoms with Crippen LogP contribution in [0.2, 0.25) is 0 Å². The number of hydrogen-bond acceptors (Lipinski definition) is 2. The largest absolute Gasteiger partial charge is 0.481 e. The SMILES string of the molecule is O=C1CC(C(=O)O)c2cc(F)cc(F)c21. The molecule has 0 amide bonds. The zero-order chi connectivity index (χ0) is 11.2. The van der Waals surface area contributed by atoms with Crippen LogP contribution in [0, 0.1) is 11.6 Å². The molecule has 2 rings (SSSR count). The van der Waals surface area contributed by atoms with Crippen LogP contribution in [0.3, 0.4) is 0 Å². The molecule has 0 spiro atoms. The van der Waals surface area contributed by atoms with Gasteiger partial charge in [-0.25, -0.2) is 8.78 Å². The zero-order valence-electron chi connectivity index (χ0n) is 7.46. The second-order valence-electron chi connectivity index (χ2n) is 3.37. The minimum atomic E-state index is -1.24. The molecule has 1 aliphatic carbocycles. The molecule has 0 saturated carbocycles. The number of Topliss-reactive ketones (excluding diaryl/α,β-unsaturated/α-hetero) is 1. The Bertz CT molecular complexity index is 468. The molecule has 0 heterocycles. The van der Waals surface area contributed by atoms with E-state index in [9.17, 15) is 18.4 Å². The van der Waals surface area contributed by atoms with Crippen LogP contribution in [0.25, 0.3) is 0 Å². The van der Waals surface area contributed by atoms with E-state index >= 15 is 0 Å². The number of halogens is 2. The molecule has 1 unspecified atom stereocenters. The van der Waals surface area contributed by atoms with E-state index in [0.29, 0.717) is 6.07 Å². The molecule has 5 heteroatoms. The predicted molar refractivity (Wildman–Crippen MR) is 45.7 cm³/mol. The molecule has 0 aromatic heterocycles. The van der Waals surface area contributed by atoms with Gasteiger partial charge >= 0.3 is 5.97 Å². The van der Waals surface area contributed by atoms with Gasteiger partial charge in [-0.15, -0.1) is 0 Å². The average Bonchev–Trinajstić information content (AvgIpc) is 2.42. The van der Waals surface area contributed by atoms with E-state index < -0.39 is 29.3 Å². The van der Waals surface area contributed by atoms with Gasteiger partial charge in [0, 0.05) is 12.5 Å². The Balaban J connectivity index is 2.65. The molecule has 0 bridgehead atoms. The van der Waals surface area contributed by atoms with Crippen molar-refractivity contribution in [3.05, 3.63) is 34.9 Å². The normalized spacial score (nSPS) is 19.1. The highest BCUT2D eigenvalue weighted by atomic mass is 19.1. The van der Waals surface area contributed by atoms with Crippen molar-refractivity contribution >= 4 is 11.8 Å². The van der Waals surface area contributed by atoms with Crippen LogP contribution in [-0.4, -0.2) is 16.9 Å². The zero-order valence-corrected chi connectivity index (χ0v) is 7.46. The molecule has 0 radical (unpaired) electrons. The molecule has 1 N–H and O–H groups in total. The molecule has 1 atom stereocenters. The summed E-state index contributed by atoms with van der Waals surface area (Å²) < 4.78 is 26.0. The molecule has 1 aromatic rings. The first kappa shape index (κ1) is 9.76. The van der Waals surface area contributed by atoms with E-state index in [4.69, 9.17) is 5.11 Å². The lowest BCUT2D eigenvalue weighted by Crippen LogP contribution is -2.08. The van der Waals surface area contributed by atoms with Crippen LogP contribution in [0.1, 0.15) is 28.3 Å². The summed E-state index contributed by atoms with van der Waals surface area (Å²) in [7, 11) is 0. The molecule has 0 aliphatic heterocycles. The summed E-state index contributed by atoms with van der Waals surface area (Å²) in [4.78, 5) is 22.0. The van der Waals surface area contributed by atoms with Gasteiger partial charge in [-0.05, 0) is 11.6 Å². The summed E-state index contributed by atoms with van der Waals surface area (Å²) in [6, 6.07) is 1.49. The quantitative estimate of drug-likeness (QED) is 0.771.